The highest BCUT2D eigenvalue weighted by molar-refractivity contribution is 7.80. The quantitative estimate of drug-likeness (QED) is 0.354. The van der Waals surface area contributed by atoms with E-state index < -0.39 is 22.8 Å². The minimum Gasteiger partial charge on any atom is -0.413 e. The van der Waals surface area contributed by atoms with E-state index >= 15 is 0 Å². The van der Waals surface area contributed by atoms with Crippen LogP contribution >= 0.6 is 22.8 Å². The van der Waals surface area contributed by atoms with E-state index in [-0.39, 0.29) is 10.8 Å². The van der Waals surface area contributed by atoms with E-state index in [1.807, 2.05) is 48.5 Å². The molecule has 9 nitrogen and oxygen atoms in total. The third kappa shape index (κ3) is 4.12. The molecule has 34 heavy (non-hydrogen) atoms. The molecule has 2 fully saturated rings. The topological polar surface area (TPSA) is 98.1 Å². The van der Waals surface area contributed by atoms with Crippen LogP contribution in [0.15, 0.2) is 62.1 Å². The fourth-order valence-electron chi connectivity index (χ4n) is 4.00. The largest absolute Gasteiger partial charge is 0.455 e. The normalized spacial score (nSPS) is 26.5. The minimum absolute atomic E-state index is 0.0583. The van der Waals surface area contributed by atoms with Crippen molar-refractivity contribution in [1.29, 1.82) is 0 Å². The first-order chi connectivity index (χ1) is 16.1. The summed E-state index contributed by atoms with van der Waals surface area (Å²) in [5, 5.41) is 7.20. The second kappa shape index (κ2) is 7.78. The lowest BCUT2D eigenvalue weighted by atomic mass is 9.94. The van der Waals surface area contributed by atoms with E-state index in [1.165, 1.54) is 0 Å². The fraction of sp³-hybridized carbons (Fsp3) is 0.455. The molecule has 0 aromatic heterocycles. The van der Waals surface area contributed by atoms with Gasteiger partial charge in [-0.2, -0.15) is 4.52 Å². The second-order valence-electron chi connectivity index (χ2n) is 10.6. The van der Waals surface area contributed by atoms with Crippen LogP contribution in [0.2, 0.25) is 0 Å². The summed E-state index contributed by atoms with van der Waals surface area (Å²) in [6.07, 6.45) is 0. The Labute approximate surface area is 200 Å². The van der Waals surface area contributed by atoms with E-state index in [0.29, 0.717) is 24.7 Å². The first-order valence-corrected chi connectivity index (χ1v) is 16.1. The molecule has 4 heterocycles. The molecule has 12 heteroatoms. The third-order valence-corrected chi connectivity index (χ3v) is 14.7. The Morgan fingerprint density at radius 3 is 1.76 bits per heavy atom. The molecule has 0 radical (unpaired) electrons. The molecule has 2 N–H and O–H groups in total. The van der Waals surface area contributed by atoms with E-state index in [4.69, 9.17) is 31.6 Å². The summed E-state index contributed by atoms with van der Waals surface area (Å²) in [6, 6.07) is 15.8. The van der Waals surface area contributed by atoms with Gasteiger partial charge in [-0.15, -0.1) is 9.03 Å². The van der Waals surface area contributed by atoms with Crippen LogP contribution in [0, 0.1) is 10.8 Å². The number of nitrogens with one attached hydrogen (secondary N) is 2. The van der Waals surface area contributed by atoms with Crippen LogP contribution in [-0.4, -0.2) is 26.3 Å². The summed E-state index contributed by atoms with van der Waals surface area (Å²) >= 11 is 0. The van der Waals surface area contributed by atoms with Gasteiger partial charge in [-0.05, 0) is 17.5 Å². The lowest BCUT2D eigenvalue weighted by molar-refractivity contribution is 0.0565. The number of rotatable bonds is 0. The molecule has 4 aliphatic heterocycles. The number of hydrogen-bond acceptors (Lipinski definition) is 9. The second-order valence-corrected chi connectivity index (χ2v) is 17.4. The zero-order valence-electron chi connectivity index (χ0n) is 19.8. The van der Waals surface area contributed by atoms with Gasteiger partial charge in [0, 0.05) is 29.6 Å². The highest BCUT2D eigenvalue weighted by Gasteiger charge is 2.48. The average Bonchev–Trinajstić information content (AvgIpc) is 2.92. The summed E-state index contributed by atoms with van der Waals surface area (Å²) in [5.74, 6) is 1.36. The predicted molar refractivity (Wildman–Crippen MR) is 137 cm³/mol. The number of hydrogen-bond donors (Lipinski definition) is 2. The van der Waals surface area contributed by atoms with Gasteiger partial charge in [0.05, 0.1) is 13.2 Å². The zero-order chi connectivity index (χ0) is 23.7. The van der Waals surface area contributed by atoms with E-state index in [1.54, 1.807) is 0 Å². The Morgan fingerprint density at radius 1 is 0.676 bits per heavy atom. The van der Waals surface area contributed by atoms with E-state index in [0.717, 1.165) is 24.2 Å². The van der Waals surface area contributed by atoms with Crippen molar-refractivity contribution < 1.29 is 18.1 Å². The molecule has 4 aliphatic rings. The molecule has 2 saturated heterocycles. The molecule has 6 rings (SSSR count). The van der Waals surface area contributed by atoms with Gasteiger partial charge in [-0.25, -0.2) is 0 Å². The first-order valence-electron chi connectivity index (χ1n) is 11.4. The van der Waals surface area contributed by atoms with Crippen LogP contribution in [0.3, 0.4) is 0 Å². The van der Waals surface area contributed by atoms with Crippen LogP contribution in [0.5, 0.6) is 11.5 Å². The van der Waals surface area contributed by atoms with Crippen molar-refractivity contribution in [2.45, 2.75) is 27.7 Å². The van der Waals surface area contributed by atoms with Crippen LogP contribution < -0.4 is 19.2 Å². The van der Waals surface area contributed by atoms with E-state index in [9.17, 15) is 0 Å². The Bertz CT molecular complexity index is 1230. The van der Waals surface area contributed by atoms with Crippen molar-refractivity contribution in [3.63, 3.8) is 0 Å². The van der Waals surface area contributed by atoms with Gasteiger partial charge in [0.25, 0.3) is 0 Å². The molecular weight excluding hydrogens is 491 g/mol. The maximum atomic E-state index is 6.64. The van der Waals surface area contributed by atoms with Gasteiger partial charge in [-0.1, -0.05) is 64.1 Å². The maximum Gasteiger partial charge on any atom is 0.455 e. The van der Waals surface area contributed by atoms with Gasteiger partial charge < -0.3 is 18.1 Å². The molecule has 0 unspecified atom stereocenters. The minimum atomic E-state index is -3.26. The molecule has 2 aromatic rings. The molecule has 0 bridgehead atoms. The molecule has 0 amide bonds. The zero-order valence-corrected chi connectivity index (χ0v) is 22.4. The van der Waals surface area contributed by atoms with Crippen molar-refractivity contribution in [2.75, 3.05) is 26.3 Å². The highest BCUT2D eigenvalue weighted by atomic mass is 31.3. The van der Waals surface area contributed by atoms with Crippen molar-refractivity contribution in [3.8, 4) is 22.6 Å². The Morgan fingerprint density at radius 2 is 1.21 bits per heavy atom. The fourth-order valence-corrected chi connectivity index (χ4v) is 15.0. The number of para-hydroxylation sites is 2. The van der Waals surface area contributed by atoms with E-state index in [2.05, 4.69) is 37.9 Å². The molecule has 0 atom stereocenters. The smallest absolute Gasteiger partial charge is 0.413 e. The standard InChI is InChI=1S/C22H30N5O4P3/c1-21(2)13-23-32(24-14-21)25-33(28-15-22(3,4)16-29-33)27-34(26-32)30-19-11-7-5-9-17(19)18-10-6-8-12-20(18)31-34/h5-12,23-24H,13-16H2,1-4H3. The van der Waals surface area contributed by atoms with Crippen LogP contribution in [0.25, 0.3) is 11.1 Å². The van der Waals surface area contributed by atoms with Gasteiger partial charge in [0.15, 0.2) is 0 Å². The Balaban J connectivity index is 1.57. The van der Waals surface area contributed by atoms with Crippen molar-refractivity contribution >= 4 is 22.8 Å². The summed E-state index contributed by atoms with van der Waals surface area (Å²) < 4.78 is 41.3. The monoisotopic (exact) mass is 521 g/mol. The summed E-state index contributed by atoms with van der Waals surface area (Å²) in [6.45, 7) is 11.1. The summed E-state index contributed by atoms with van der Waals surface area (Å²) in [7, 11) is -8.96. The highest BCUT2D eigenvalue weighted by Crippen LogP contribution is 2.79. The van der Waals surface area contributed by atoms with Crippen molar-refractivity contribution in [1.82, 2.24) is 10.2 Å². The van der Waals surface area contributed by atoms with Crippen LogP contribution in [0.1, 0.15) is 27.7 Å². The SMILES string of the molecule is CC1(C)CNP2(=NP3(=NP4(=N2)OCC(C)(C)CO4)Oc2ccccc2-c2ccccc2O3)NC1. The number of nitrogens with zero attached hydrogens (tertiary/aromatic N) is 3. The number of benzene rings is 2. The van der Waals surface area contributed by atoms with Crippen molar-refractivity contribution in [2.24, 2.45) is 24.4 Å². The molecule has 182 valence electrons. The maximum absolute atomic E-state index is 6.64. The number of fused-ring (bicyclic) bond motifs is 3. The van der Waals surface area contributed by atoms with Crippen molar-refractivity contribution in [3.05, 3.63) is 48.5 Å². The average molecular weight is 521 g/mol. The van der Waals surface area contributed by atoms with Gasteiger partial charge in [0.1, 0.15) is 11.5 Å². The van der Waals surface area contributed by atoms with Gasteiger partial charge in [0.2, 0.25) is 7.51 Å². The van der Waals surface area contributed by atoms with Crippen LogP contribution in [0.4, 0.5) is 0 Å². The summed E-state index contributed by atoms with van der Waals surface area (Å²) in [5.41, 5.74) is 1.82. The lowest BCUT2D eigenvalue weighted by Gasteiger charge is -2.42. The van der Waals surface area contributed by atoms with Crippen LogP contribution in [-0.2, 0) is 9.05 Å². The van der Waals surface area contributed by atoms with Gasteiger partial charge in [-0.3, -0.25) is 10.2 Å². The molecule has 0 saturated carbocycles. The first kappa shape index (κ1) is 23.0. The molecule has 0 aliphatic carbocycles. The molecule has 2 aromatic carbocycles. The Kier molecular flexibility index (Phi) is 5.26. The predicted octanol–water partition coefficient (Wildman–Crippen LogP) is 7.27. The summed E-state index contributed by atoms with van der Waals surface area (Å²) in [4.78, 5) is 0. The van der Waals surface area contributed by atoms with Gasteiger partial charge >= 0.3 is 15.3 Å². The molecular formula is C22H30N5O4P3. The lowest BCUT2D eigenvalue weighted by Crippen LogP contribution is -2.44. The molecule has 3 spiro atoms. The Hall–Kier alpha value is -1.43. The third-order valence-electron chi connectivity index (χ3n) is 6.01.